The van der Waals surface area contributed by atoms with Crippen molar-refractivity contribution in [2.45, 2.75) is 0 Å². The Labute approximate surface area is 84.3 Å². The van der Waals surface area contributed by atoms with Crippen LogP contribution in [0, 0.1) is 0 Å². The van der Waals surface area contributed by atoms with Crippen LogP contribution in [-0.4, -0.2) is 11.9 Å². The SMILES string of the molecule is C=CC(=O)OOOC(=O)C=C.[Ag]. The van der Waals surface area contributed by atoms with E-state index in [2.05, 4.69) is 28.0 Å². The van der Waals surface area contributed by atoms with Crippen LogP contribution >= 0.6 is 0 Å². The molecule has 0 bridgehead atoms. The van der Waals surface area contributed by atoms with Gasteiger partial charge in [0.1, 0.15) is 0 Å². The molecule has 0 amide bonds. The third kappa shape index (κ3) is 7.23. The smallest absolute Gasteiger partial charge is 0.255 e. The standard InChI is InChI=1S/C6H6O5.Ag/c1-3-5(7)9-11-10-6(8)4-2;/h3-4H,1-2H2;. The van der Waals surface area contributed by atoms with Crippen LogP contribution in [0.5, 0.6) is 0 Å². The Morgan fingerprint density at radius 2 is 1.33 bits per heavy atom. The summed E-state index contributed by atoms with van der Waals surface area (Å²) in [5.41, 5.74) is 0. The van der Waals surface area contributed by atoms with E-state index in [1.54, 1.807) is 0 Å². The Balaban J connectivity index is 0. The van der Waals surface area contributed by atoms with Gasteiger partial charge in [-0.1, -0.05) is 13.2 Å². The molecule has 0 aromatic heterocycles. The molecule has 0 aromatic rings. The van der Waals surface area contributed by atoms with Crippen molar-refractivity contribution in [1.29, 1.82) is 0 Å². The van der Waals surface area contributed by atoms with Crippen LogP contribution in [0.15, 0.2) is 25.3 Å². The van der Waals surface area contributed by atoms with E-state index in [1.165, 1.54) is 0 Å². The van der Waals surface area contributed by atoms with Gasteiger partial charge >= 0.3 is 11.9 Å². The summed E-state index contributed by atoms with van der Waals surface area (Å²) in [6.07, 6.45) is 1.70. The van der Waals surface area contributed by atoms with Crippen molar-refractivity contribution < 1.29 is 46.8 Å². The van der Waals surface area contributed by atoms with E-state index in [0.717, 1.165) is 12.2 Å². The molecule has 12 heavy (non-hydrogen) atoms. The maximum absolute atomic E-state index is 10.2. The van der Waals surface area contributed by atoms with Gasteiger partial charge in [-0.2, -0.15) is 0 Å². The van der Waals surface area contributed by atoms with Crippen LogP contribution in [0.2, 0.25) is 0 Å². The second-order valence-electron chi connectivity index (χ2n) is 1.28. The van der Waals surface area contributed by atoms with E-state index in [9.17, 15) is 9.59 Å². The molecule has 0 spiro atoms. The monoisotopic (exact) mass is 265 g/mol. The molecular weight excluding hydrogens is 260 g/mol. The van der Waals surface area contributed by atoms with Crippen molar-refractivity contribution in [3.05, 3.63) is 25.3 Å². The molecule has 0 unspecified atom stereocenters. The van der Waals surface area contributed by atoms with Gasteiger partial charge in [0.15, 0.2) is 0 Å². The molecule has 0 aliphatic carbocycles. The molecule has 0 aliphatic rings. The number of rotatable bonds is 4. The van der Waals surface area contributed by atoms with Crippen molar-refractivity contribution in [1.82, 2.24) is 0 Å². The van der Waals surface area contributed by atoms with E-state index < -0.39 is 11.9 Å². The van der Waals surface area contributed by atoms with Gasteiger partial charge in [0, 0.05) is 39.6 Å². The van der Waals surface area contributed by atoms with Crippen LogP contribution in [0.4, 0.5) is 0 Å². The molecule has 0 N–H and O–H groups in total. The number of hydrogen-bond acceptors (Lipinski definition) is 5. The topological polar surface area (TPSA) is 61.8 Å². The number of carbonyl (C=O) groups excluding carboxylic acids is 2. The molecule has 0 saturated heterocycles. The fourth-order valence-corrected chi connectivity index (χ4v) is 0.152. The third-order valence-corrected chi connectivity index (χ3v) is 0.566. The average molecular weight is 266 g/mol. The van der Waals surface area contributed by atoms with Gasteiger partial charge in [0.2, 0.25) is 0 Å². The Kier molecular flexibility index (Phi) is 9.38. The van der Waals surface area contributed by atoms with Gasteiger partial charge < -0.3 is 0 Å². The second kappa shape index (κ2) is 8.22. The quantitative estimate of drug-likeness (QED) is 0.317. The maximum atomic E-state index is 10.2. The van der Waals surface area contributed by atoms with Crippen molar-refractivity contribution in [3.8, 4) is 0 Å². The Bertz CT molecular complexity index is 168. The number of hydrogen-bond donors (Lipinski definition) is 0. The first kappa shape index (κ1) is 13.7. The summed E-state index contributed by atoms with van der Waals surface area (Å²) in [4.78, 5) is 28.0. The molecule has 6 heteroatoms. The van der Waals surface area contributed by atoms with Gasteiger partial charge in [-0.15, -0.1) is 0 Å². The van der Waals surface area contributed by atoms with Gasteiger partial charge in [-0.25, -0.2) is 9.59 Å². The summed E-state index contributed by atoms with van der Waals surface area (Å²) in [6.45, 7) is 6.13. The van der Waals surface area contributed by atoms with Crippen molar-refractivity contribution in [3.63, 3.8) is 0 Å². The first-order valence-electron chi connectivity index (χ1n) is 2.54. The second-order valence-corrected chi connectivity index (χ2v) is 1.28. The van der Waals surface area contributed by atoms with Gasteiger partial charge in [-0.3, -0.25) is 9.78 Å². The molecular formula is C6H6AgO5. The molecule has 0 atom stereocenters. The van der Waals surface area contributed by atoms with E-state index in [-0.39, 0.29) is 22.4 Å². The zero-order chi connectivity index (χ0) is 8.69. The van der Waals surface area contributed by atoms with E-state index in [1.807, 2.05) is 0 Å². The van der Waals surface area contributed by atoms with Crippen molar-refractivity contribution in [2.75, 3.05) is 0 Å². The molecule has 0 aliphatic heterocycles. The van der Waals surface area contributed by atoms with E-state index >= 15 is 0 Å². The summed E-state index contributed by atoms with van der Waals surface area (Å²) >= 11 is 0. The van der Waals surface area contributed by atoms with Crippen LogP contribution in [-0.2, 0) is 46.8 Å². The molecule has 0 heterocycles. The van der Waals surface area contributed by atoms with Crippen molar-refractivity contribution >= 4 is 11.9 Å². The molecule has 0 rings (SSSR count). The maximum Gasteiger partial charge on any atom is 0.369 e. The van der Waals surface area contributed by atoms with Gasteiger partial charge in [-0.05, 0) is 0 Å². The summed E-state index contributed by atoms with van der Waals surface area (Å²) in [5.74, 6) is -1.72. The molecule has 71 valence electrons. The minimum absolute atomic E-state index is 0. The summed E-state index contributed by atoms with van der Waals surface area (Å²) < 4.78 is 0. The predicted molar refractivity (Wildman–Crippen MR) is 33.7 cm³/mol. The summed E-state index contributed by atoms with van der Waals surface area (Å²) in [7, 11) is 0. The zero-order valence-corrected chi connectivity index (χ0v) is 7.39. The zero-order valence-electron chi connectivity index (χ0n) is 5.91. The summed E-state index contributed by atoms with van der Waals surface area (Å²) in [5, 5.41) is 3.70. The normalized spacial score (nSPS) is 7.33. The summed E-state index contributed by atoms with van der Waals surface area (Å²) in [6, 6.07) is 0. The van der Waals surface area contributed by atoms with E-state index in [0.29, 0.717) is 0 Å². The minimum atomic E-state index is -0.859. The predicted octanol–water partition coefficient (Wildman–Crippen LogP) is 0.289. The molecule has 0 saturated carbocycles. The fraction of sp³-hybridized carbons (Fsp3) is 0. The molecule has 0 aromatic carbocycles. The molecule has 0 fully saturated rings. The number of carbonyl (C=O) groups is 2. The van der Waals surface area contributed by atoms with Crippen LogP contribution in [0.1, 0.15) is 0 Å². The van der Waals surface area contributed by atoms with Crippen LogP contribution in [0.3, 0.4) is 0 Å². The first-order chi connectivity index (χ1) is 5.20. The molecule has 1 radical (unpaired) electrons. The van der Waals surface area contributed by atoms with Crippen LogP contribution < -0.4 is 0 Å². The Hall–Kier alpha value is -0.880. The largest absolute Gasteiger partial charge is 0.369 e. The van der Waals surface area contributed by atoms with Crippen LogP contribution in [0.25, 0.3) is 0 Å². The molecule has 5 nitrogen and oxygen atoms in total. The minimum Gasteiger partial charge on any atom is -0.255 e. The Morgan fingerprint density at radius 3 is 1.58 bits per heavy atom. The fourth-order valence-electron chi connectivity index (χ4n) is 0.152. The average Bonchev–Trinajstić information content (AvgIpc) is 2.04. The van der Waals surface area contributed by atoms with Crippen molar-refractivity contribution in [2.24, 2.45) is 0 Å². The Morgan fingerprint density at radius 1 is 1.00 bits per heavy atom. The van der Waals surface area contributed by atoms with E-state index in [4.69, 9.17) is 0 Å². The third-order valence-electron chi connectivity index (χ3n) is 0.566. The van der Waals surface area contributed by atoms with Gasteiger partial charge in [0.05, 0.1) is 0 Å². The van der Waals surface area contributed by atoms with Gasteiger partial charge in [0.25, 0.3) is 0 Å². The first-order valence-corrected chi connectivity index (χ1v) is 2.54.